The highest BCUT2D eigenvalue weighted by molar-refractivity contribution is 6.33. The molecule has 1 aromatic carbocycles. The molecule has 0 saturated carbocycles. The molecule has 9 heteroatoms. The number of aromatic nitrogens is 5. The molecular formula is C26H28ClN7O. The molecule has 0 radical (unpaired) electrons. The first-order valence-corrected chi connectivity index (χ1v) is 12.4. The monoisotopic (exact) mass is 489 g/mol. The summed E-state index contributed by atoms with van der Waals surface area (Å²) in [7, 11) is 0. The quantitative estimate of drug-likeness (QED) is 0.395. The van der Waals surface area contributed by atoms with Gasteiger partial charge in [-0.15, -0.1) is 0 Å². The number of hydrogen-bond acceptors (Lipinski definition) is 7. The minimum Gasteiger partial charge on any atom is -0.354 e. The molecule has 8 nitrogen and oxygen atoms in total. The first-order valence-electron chi connectivity index (χ1n) is 12.0. The van der Waals surface area contributed by atoms with Gasteiger partial charge < -0.3 is 10.6 Å². The Morgan fingerprint density at radius 1 is 1.17 bits per heavy atom. The Morgan fingerprint density at radius 3 is 2.80 bits per heavy atom. The highest BCUT2D eigenvalue weighted by Gasteiger charge is 2.19. The predicted molar refractivity (Wildman–Crippen MR) is 140 cm³/mol. The Bertz CT molecular complexity index is 1430. The lowest BCUT2D eigenvalue weighted by Gasteiger charge is -2.16. The van der Waals surface area contributed by atoms with Gasteiger partial charge in [-0.1, -0.05) is 23.7 Å². The number of nitrogens with zero attached hydrogens (tertiary/aromatic N) is 5. The maximum Gasteiger partial charge on any atom is 0.260 e. The summed E-state index contributed by atoms with van der Waals surface area (Å²) in [4.78, 5) is 31.6. The number of pyridine rings is 1. The molecule has 3 aromatic heterocycles. The Hall–Kier alpha value is -3.36. The zero-order valence-electron chi connectivity index (χ0n) is 19.9. The molecule has 1 aliphatic heterocycles. The zero-order chi connectivity index (χ0) is 24.4. The van der Waals surface area contributed by atoms with E-state index in [0.29, 0.717) is 46.9 Å². The van der Waals surface area contributed by atoms with Gasteiger partial charge in [0.1, 0.15) is 5.65 Å². The smallest absolute Gasteiger partial charge is 0.260 e. The van der Waals surface area contributed by atoms with Crippen LogP contribution in [0.1, 0.15) is 31.9 Å². The van der Waals surface area contributed by atoms with E-state index < -0.39 is 0 Å². The summed E-state index contributed by atoms with van der Waals surface area (Å²) in [6.45, 7) is 6.18. The number of anilines is 1. The van der Waals surface area contributed by atoms with E-state index in [-0.39, 0.29) is 5.56 Å². The van der Waals surface area contributed by atoms with Crippen molar-refractivity contribution in [3.63, 3.8) is 0 Å². The average Bonchev–Trinajstić information content (AvgIpc) is 3.37. The second-order valence-corrected chi connectivity index (χ2v) is 9.25. The molecule has 2 N–H and O–H groups in total. The van der Waals surface area contributed by atoms with Crippen molar-refractivity contribution in [2.24, 2.45) is 0 Å². The van der Waals surface area contributed by atoms with E-state index in [1.54, 1.807) is 23.2 Å². The van der Waals surface area contributed by atoms with Crippen molar-refractivity contribution < 1.29 is 0 Å². The molecule has 1 atom stereocenters. The van der Waals surface area contributed by atoms with Crippen molar-refractivity contribution in [3.8, 4) is 22.4 Å². The minimum absolute atomic E-state index is 0.110. The van der Waals surface area contributed by atoms with Crippen LogP contribution in [-0.4, -0.2) is 43.6 Å². The van der Waals surface area contributed by atoms with E-state index in [2.05, 4.69) is 30.6 Å². The molecule has 1 saturated heterocycles. The Kier molecular flexibility index (Phi) is 6.74. The van der Waals surface area contributed by atoms with Gasteiger partial charge in [-0.3, -0.25) is 14.3 Å². The third-order valence-electron chi connectivity index (χ3n) is 6.34. The molecular weight excluding hydrogens is 462 g/mol. The highest BCUT2D eigenvalue weighted by Crippen LogP contribution is 2.31. The van der Waals surface area contributed by atoms with Crippen LogP contribution in [0.25, 0.3) is 33.4 Å². The second-order valence-electron chi connectivity index (χ2n) is 8.84. The van der Waals surface area contributed by atoms with Crippen LogP contribution in [0, 0.1) is 6.92 Å². The van der Waals surface area contributed by atoms with E-state index in [0.717, 1.165) is 41.7 Å². The summed E-state index contributed by atoms with van der Waals surface area (Å²) in [6.07, 6.45) is 8.33. The van der Waals surface area contributed by atoms with E-state index in [1.807, 2.05) is 38.1 Å². The largest absolute Gasteiger partial charge is 0.354 e. The van der Waals surface area contributed by atoms with Crippen LogP contribution in [0.2, 0.25) is 5.02 Å². The lowest BCUT2D eigenvalue weighted by molar-refractivity contribution is 0.504. The molecule has 180 valence electrons. The Morgan fingerprint density at radius 2 is 2.06 bits per heavy atom. The number of fused-ring (bicyclic) bond motifs is 1. The average molecular weight is 490 g/mol. The molecule has 0 bridgehead atoms. The van der Waals surface area contributed by atoms with Gasteiger partial charge >= 0.3 is 0 Å². The van der Waals surface area contributed by atoms with Crippen molar-refractivity contribution >= 4 is 28.6 Å². The van der Waals surface area contributed by atoms with E-state index in [9.17, 15) is 4.79 Å². The van der Waals surface area contributed by atoms with Crippen molar-refractivity contribution in [3.05, 3.63) is 63.9 Å². The van der Waals surface area contributed by atoms with Crippen molar-refractivity contribution in [1.29, 1.82) is 0 Å². The Balaban J connectivity index is 1.59. The number of hydrogen-bond donors (Lipinski definition) is 2. The SMILES string of the molecule is CCNc1ncc2cc(-c3ccc(-c4cncc(C)n4)cc3Cl)c(=O)n(CCC3CCCN3)c2n1. The van der Waals surface area contributed by atoms with E-state index in [1.165, 1.54) is 6.42 Å². The molecule has 0 spiro atoms. The fourth-order valence-corrected chi connectivity index (χ4v) is 4.87. The minimum atomic E-state index is -0.110. The van der Waals surface area contributed by atoms with Gasteiger partial charge in [0.25, 0.3) is 5.56 Å². The van der Waals surface area contributed by atoms with Crippen LogP contribution in [-0.2, 0) is 6.54 Å². The standard InChI is InChI=1S/C26H28ClN7O/c1-3-29-26-31-14-18-11-21(25(35)34(24(18)33-26)10-8-19-5-4-9-30-19)20-7-6-17(12-22(20)27)23-15-28-13-16(2)32-23/h6-7,11-15,19,30H,3-5,8-10H2,1-2H3,(H,29,31,33). The fraction of sp³-hybridized carbons (Fsp3) is 0.346. The predicted octanol–water partition coefficient (Wildman–Crippen LogP) is 4.45. The van der Waals surface area contributed by atoms with Gasteiger partial charge in [-0.2, -0.15) is 4.98 Å². The Labute approximate surface area is 208 Å². The molecule has 0 amide bonds. The first kappa shape index (κ1) is 23.4. The normalized spacial score (nSPS) is 15.6. The second kappa shape index (κ2) is 10.1. The number of halogens is 1. The van der Waals surface area contributed by atoms with E-state index in [4.69, 9.17) is 11.6 Å². The van der Waals surface area contributed by atoms with Gasteiger partial charge in [0.15, 0.2) is 0 Å². The van der Waals surface area contributed by atoms with Gasteiger partial charge in [0.2, 0.25) is 5.95 Å². The molecule has 5 rings (SSSR count). The molecule has 0 aliphatic carbocycles. The molecule has 4 aromatic rings. The van der Waals surface area contributed by atoms with Crippen molar-refractivity contribution in [1.82, 2.24) is 29.8 Å². The number of benzene rings is 1. The molecule has 35 heavy (non-hydrogen) atoms. The van der Waals surface area contributed by atoms with Crippen LogP contribution in [0.4, 0.5) is 5.95 Å². The molecule has 1 aliphatic rings. The molecule has 1 fully saturated rings. The highest BCUT2D eigenvalue weighted by atomic mass is 35.5. The van der Waals surface area contributed by atoms with Gasteiger partial charge in [-0.25, -0.2) is 9.97 Å². The molecule has 4 heterocycles. The summed E-state index contributed by atoms with van der Waals surface area (Å²) in [5.41, 5.74) is 4.14. The third kappa shape index (κ3) is 4.90. The summed E-state index contributed by atoms with van der Waals surface area (Å²) < 4.78 is 1.77. The summed E-state index contributed by atoms with van der Waals surface area (Å²) in [5, 5.41) is 7.94. The van der Waals surface area contributed by atoms with Crippen LogP contribution >= 0.6 is 11.6 Å². The first-order chi connectivity index (χ1) is 17.0. The van der Waals surface area contributed by atoms with Gasteiger partial charge in [0.05, 0.1) is 17.6 Å². The van der Waals surface area contributed by atoms with Crippen molar-refractivity contribution in [2.45, 2.75) is 45.7 Å². The zero-order valence-corrected chi connectivity index (χ0v) is 20.6. The lowest BCUT2D eigenvalue weighted by atomic mass is 10.0. The topological polar surface area (TPSA) is 97.6 Å². The van der Waals surface area contributed by atoms with Gasteiger partial charge in [-0.05, 0) is 51.8 Å². The lowest BCUT2D eigenvalue weighted by Crippen LogP contribution is -2.28. The number of rotatable bonds is 7. The summed E-state index contributed by atoms with van der Waals surface area (Å²) in [6, 6.07) is 7.88. The fourth-order valence-electron chi connectivity index (χ4n) is 4.59. The van der Waals surface area contributed by atoms with Crippen LogP contribution in [0.5, 0.6) is 0 Å². The van der Waals surface area contributed by atoms with Crippen LogP contribution in [0.15, 0.2) is 47.7 Å². The summed E-state index contributed by atoms with van der Waals surface area (Å²) >= 11 is 6.73. The number of aryl methyl sites for hydroxylation is 2. The third-order valence-corrected chi connectivity index (χ3v) is 6.65. The maximum absolute atomic E-state index is 13.8. The number of nitrogens with one attached hydrogen (secondary N) is 2. The van der Waals surface area contributed by atoms with Crippen LogP contribution in [0.3, 0.4) is 0 Å². The van der Waals surface area contributed by atoms with Gasteiger partial charge in [0, 0.05) is 58.6 Å². The summed E-state index contributed by atoms with van der Waals surface area (Å²) in [5.74, 6) is 0.515. The molecule has 1 unspecified atom stereocenters. The van der Waals surface area contributed by atoms with Crippen molar-refractivity contribution in [2.75, 3.05) is 18.4 Å². The van der Waals surface area contributed by atoms with Crippen LogP contribution < -0.4 is 16.2 Å². The van der Waals surface area contributed by atoms with E-state index >= 15 is 0 Å². The maximum atomic E-state index is 13.8.